The molecular weight excluding hydrogens is 245 g/mol. The molecule has 0 saturated heterocycles. The van der Waals surface area contributed by atoms with Gasteiger partial charge in [0.15, 0.2) is 0 Å². The summed E-state index contributed by atoms with van der Waals surface area (Å²) in [5.41, 5.74) is 2.31. The third kappa shape index (κ3) is 2.47. The van der Waals surface area contributed by atoms with Crippen molar-refractivity contribution in [2.75, 3.05) is 7.05 Å². The van der Waals surface area contributed by atoms with Crippen molar-refractivity contribution in [2.24, 2.45) is 0 Å². The van der Waals surface area contributed by atoms with Crippen molar-refractivity contribution in [3.05, 3.63) is 58.0 Å². The van der Waals surface area contributed by atoms with Crippen LogP contribution in [-0.4, -0.2) is 7.05 Å². The molecule has 0 spiro atoms. The van der Waals surface area contributed by atoms with Crippen LogP contribution in [0.25, 0.3) is 0 Å². The van der Waals surface area contributed by atoms with E-state index in [-0.39, 0.29) is 17.3 Å². The van der Waals surface area contributed by atoms with Gasteiger partial charge in [-0.25, -0.2) is 4.39 Å². The molecule has 1 unspecified atom stereocenters. The van der Waals surface area contributed by atoms with E-state index < -0.39 is 0 Å². The molecule has 0 saturated carbocycles. The largest absolute Gasteiger partial charge is 0.312 e. The Morgan fingerprint density at radius 3 is 2.33 bits per heavy atom. The molecule has 0 radical (unpaired) electrons. The van der Waals surface area contributed by atoms with Crippen molar-refractivity contribution < 1.29 is 4.39 Å². The van der Waals surface area contributed by atoms with E-state index in [1.54, 1.807) is 11.3 Å². The third-order valence-electron chi connectivity index (χ3n) is 3.48. The van der Waals surface area contributed by atoms with Crippen molar-refractivity contribution in [1.29, 1.82) is 0 Å². The second-order valence-electron chi connectivity index (χ2n) is 5.01. The molecule has 1 aromatic carbocycles. The Bertz CT molecular complexity index is 488. The van der Waals surface area contributed by atoms with Crippen molar-refractivity contribution in [2.45, 2.75) is 25.3 Å². The lowest BCUT2D eigenvalue weighted by atomic mass is 9.75. The van der Waals surface area contributed by atoms with Crippen LogP contribution >= 0.6 is 11.3 Å². The van der Waals surface area contributed by atoms with E-state index in [9.17, 15) is 4.39 Å². The summed E-state index contributed by atoms with van der Waals surface area (Å²) in [5, 5.41) is 7.61. The van der Waals surface area contributed by atoms with E-state index >= 15 is 0 Å². The first-order valence-electron chi connectivity index (χ1n) is 6.01. The summed E-state index contributed by atoms with van der Waals surface area (Å²) in [4.78, 5) is 0. The number of hydrogen-bond donors (Lipinski definition) is 1. The number of nitrogens with one attached hydrogen (secondary N) is 1. The maximum Gasteiger partial charge on any atom is 0.123 e. The van der Waals surface area contributed by atoms with Gasteiger partial charge in [-0.15, -0.1) is 0 Å². The SMILES string of the molecule is CNC(c1ccsc1)C(C)(C)c1ccc(F)cc1. The molecule has 1 heterocycles. The molecule has 3 heteroatoms. The number of likely N-dealkylation sites (N-methyl/N-ethyl adjacent to an activating group) is 1. The third-order valence-corrected chi connectivity index (χ3v) is 4.18. The fraction of sp³-hybridized carbons (Fsp3) is 0.333. The summed E-state index contributed by atoms with van der Waals surface area (Å²) in [6.45, 7) is 4.36. The highest BCUT2D eigenvalue weighted by atomic mass is 32.1. The molecule has 0 bridgehead atoms. The Labute approximate surface area is 112 Å². The molecule has 2 rings (SSSR count). The zero-order valence-electron chi connectivity index (χ0n) is 10.9. The predicted octanol–water partition coefficient (Wildman–Crippen LogP) is 4.13. The summed E-state index contributed by atoms with van der Waals surface area (Å²) in [6, 6.07) is 9.14. The van der Waals surface area contributed by atoms with Crippen LogP contribution in [0, 0.1) is 5.82 Å². The number of thiophene rings is 1. The molecule has 1 nitrogen and oxygen atoms in total. The van der Waals surface area contributed by atoms with Gasteiger partial charge in [0.05, 0.1) is 0 Å². The Morgan fingerprint density at radius 2 is 1.83 bits per heavy atom. The summed E-state index contributed by atoms with van der Waals surface area (Å²) < 4.78 is 13.0. The minimum atomic E-state index is -0.189. The Hall–Kier alpha value is -1.19. The van der Waals surface area contributed by atoms with E-state index in [0.29, 0.717) is 0 Å². The first-order valence-corrected chi connectivity index (χ1v) is 6.95. The van der Waals surface area contributed by atoms with Gasteiger partial charge in [-0.05, 0) is 47.1 Å². The molecule has 0 fully saturated rings. The van der Waals surface area contributed by atoms with Crippen molar-refractivity contribution in [3.63, 3.8) is 0 Å². The van der Waals surface area contributed by atoms with Crippen LogP contribution in [0.5, 0.6) is 0 Å². The maximum atomic E-state index is 13.0. The molecule has 1 N–H and O–H groups in total. The average molecular weight is 263 g/mol. The number of benzene rings is 1. The molecule has 2 aromatic rings. The van der Waals surface area contributed by atoms with Gasteiger partial charge >= 0.3 is 0 Å². The predicted molar refractivity (Wildman–Crippen MR) is 75.5 cm³/mol. The minimum absolute atomic E-state index is 0.0937. The fourth-order valence-electron chi connectivity index (χ4n) is 2.43. The van der Waals surface area contributed by atoms with Crippen molar-refractivity contribution >= 4 is 11.3 Å². The average Bonchev–Trinajstić information content (AvgIpc) is 2.84. The minimum Gasteiger partial charge on any atom is -0.312 e. The molecule has 0 aliphatic heterocycles. The Kier molecular flexibility index (Phi) is 3.83. The normalized spacial score (nSPS) is 13.6. The quantitative estimate of drug-likeness (QED) is 0.874. The van der Waals surface area contributed by atoms with E-state index in [1.165, 1.54) is 17.7 Å². The molecule has 0 amide bonds. The van der Waals surface area contributed by atoms with E-state index in [1.807, 2.05) is 19.2 Å². The monoisotopic (exact) mass is 263 g/mol. The molecule has 96 valence electrons. The van der Waals surface area contributed by atoms with Gasteiger partial charge in [-0.2, -0.15) is 11.3 Å². The number of rotatable bonds is 4. The zero-order chi connectivity index (χ0) is 13.2. The van der Waals surface area contributed by atoms with E-state index in [4.69, 9.17) is 0 Å². The van der Waals surface area contributed by atoms with Gasteiger partial charge in [0.2, 0.25) is 0 Å². The van der Waals surface area contributed by atoms with Crippen LogP contribution < -0.4 is 5.32 Å². The highest BCUT2D eigenvalue weighted by molar-refractivity contribution is 7.07. The van der Waals surface area contributed by atoms with Crippen LogP contribution in [0.2, 0.25) is 0 Å². The van der Waals surface area contributed by atoms with Crippen LogP contribution in [0.3, 0.4) is 0 Å². The smallest absolute Gasteiger partial charge is 0.123 e. The zero-order valence-corrected chi connectivity index (χ0v) is 11.7. The Morgan fingerprint density at radius 1 is 1.17 bits per heavy atom. The van der Waals surface area contributed by atoms with Crippen LogP contribution in [0.1, 0.15) is 31.0 Å². The molecule has 0 aliphatic carbocycles. The van der Waals surface area contributed by atoms with Gasteiger partial charge in [-0.3, -0.25) is 0 Å². The number of halogens is 1. The van der Waals surface area contributed by atoms with E-state index in [2.05, 4.69) is 36.0 Å². The van der Waals surface area contributed by atoms with Gasteiger partial charge in [0.25, 0.3) is 0 Å². The van der Waals surface area contributed by atoms with E-state index in [0.717, 1.165) is 5.56 Å². The first kappa shape index (κ1) is 13.2. The lowest BCUT2D eigenvalue weighted by Crippen LogP contribution is -2.35. The topological polar surface area (TPSA) is 12.0 Å². The second-order valence-corrected chi connectivity index (χ2v) is 5.79. The molecule has 0 aliphatic rings. The van der Waals surface area contributed by atoms with Gasteiger partial charge < -0.3 is 5.32 Å². The molecular formula is C15H18FNS. The second kappa shape index (κ2) is 5.21. The lowest BCUT2D eigenvalue weighted by molar-refractivity contribution is 0.369. The summed E-state index contributed by atoms with van der Waals surface area (Å²) in [5.74, 6) is -0.189. The fourth-order valence-corrected chi connectivity index (χ4v) is 3.12. The lowest BCUT2D eigenvalue weighted by Gasteiger charge is -2.34. The van der Waals surface area contributed by atoms with Crippen LogP contribution in [0.15, 0.2) is 41.1 Å². The van der Waals surface area contributed by atoms with Crippen molar-refractivity contribution in [1.82, 2.24) is 5.32 Å². The van der Waals surface area contributed by atoms with Gasteiger partial charge in [0.1, 0.15) is 5.82 Å². The molecule has 1 atom stereocenters. The van der Waals surface area contributed by atoms with Crippen LogP contribution in [-0.2, 0) is 5.41 Å². The summed E-state index contributed by atoms with van der Waals surface area (Å²) in [6.07, 6.45) is 0. The summed E-state index contributed by atoms with van der Waals surface area (Å²) >= 11 is 1.70. The molecule has 1 aromatic heterocycles. The highest BCUT2D eigenvalue weighted by Crippen LogP contribution is 2.37. The maximum absolute atomic E-state index is 13.0. The molecule has 18 heavy (non-hydrogen) atoms. The van der Waals surface area contributed by atoms with Gasteiger partial charge in [-0.1, -0.05) is 26.0 Å². The number of hydrogen-bond acceptors (Lipinski definition) is 2. The van der Waals surface area contributed by atoms with Crippen molar-refractivity contribution in [3.8, 4) is 0 Å². The Balaban J connectivity index is 2.36. The highest BCUT2D eigenvalue weighted by Gasteiger charge is 2.31. The summed E-state index contributed by atoms with van der Waals surface area (Å²) in [7, 11) is 1.97. The standard InChI is InChI=1S/C15H18FNS/c1-15(2,12-4-6-13(16)7-5-12)14(17-3)11-8-9-18-10-11/h4-10,14,17H,1-3H3. The first-order chi connectivity index (χ1) is 8.55. The van der Waals surface area contributed by atoms with Gasteiger partial charge in [0, 0.05) is 11.5 Å². The van der Waals surface area contributed by atoms with Crippen LogP contribution in [0.4, 0.5) is 4.39 Å².